The molecule has 1 heterocycles. The molecule has 1 amide bonds. The third kappa shape index (κ3) is 4.73. The SMILES string of the molecule is O=C(CSc1nc2ccccc2c(=O)n1-c1ccc(F)cc1)NCC1CCCCC1. The number of nitrogens with one attached hydrogen (secondary N) is 1. The Morgan fingerprint density at radius 2 is 1.83 bits per heavy atom. The highest BCUT2D eigenvalue weighted by molar-refractivity contribution is 7.99. The molecule has 1 aliphatic carbocycles. The molecular weight excluding hydrogens is 401 g/mol. The number of hydrogen-bond acceptors (Lipinski definition) is 4. The summed E-state index contributed by atoms with van der Waals surface area (Å²) in [5.41, 5.74) is 0.855. The Balaban J connectivity index is 1.56. The highest BCUT2D eigenvalue weighted by Crippen LogP contribution is 2.24. The first-order valence-electron chi connectivity index (χ1n) is 10.3. The molecule has 2 aromatic carbocycles. The second kappa shape index (κ2) is 9.43. The summed E-state index contributed by atoms with van der Waals surface area (Å²) in [5.74, 6) is 0.276. The zero-order chi connectivity index (χ0) is 20.9. The van der Waals surface area contributed by atoms with Crippen molar-refractivity contribution in [2.75, 3.05) is 12.3 Å². The summed E-state index contributed by atoms with van der Waals surface area (Å²) >= 11 is 1.22. The highest BCUT2D eigenvalue weighted by atomic mass is 32.2. The van der Waals surface area contributed by atoms with Gasteiger partial charge in [0, 0.05) is 6.54 Å². The van der Waals surface area contributed by atoms with Crippen LogP contribution in [0.2, 0.25) is 0 Å². The van der Waals surface area contributed by atoms with Crippen LogP contribution in [0.25, 0.3) is 16.6 Å². The third-order valence-corrected chi connectivity index (χ3v) is 6.41. The lowest BCUT2D eigenvalue weighted by Crippen LogP contribution is -2.31. The van der Waals surface area contributed by atoms with Gasteiger partial charge in [0.2, 0.25) is 5.91 Å². The van der Waals surface area contributed by atoms with Gasteiger partial charge in [0.25, 0.3) is 5.56 Å². The maximum Gasteiger partial charge on any atom is 0.266 e. The summed E-state index contributed by atoms with van der Waals surface area (Å²) < 4.78 is 14.8. The van der Waals surface area contributed by atoms with E-state index in [1.807, 2.05) is 6.07 Å². The van der Waals surface area contributed by atoms with Gasteiger partial charge in [-0.15, -0.1) is 0 Å². The minimum Gasteiger partial charge on any atom is -0.355 e. The average molecular weight is 426 g/mol. The van der Waals surface area contributed by atoms with Gasteiger partial charge in [0.05, 0.1) is 22.3 Å². The quantitative estimate of drug-likeness (QED) is 0.472. The van der Waals surface area contributed by atoms with Crippen molar-refractivity contribution in [2.45, 2.75) is 37.3 Å². The predicted octanol–water partition coefficient (Wildman–Crippen LogP) is 4.31. The third-order valence-electron chi connectivity index (χ3n) is 5.47. The molecule has 1 fully saturated rings. The normalized spacial score (nSPS) is 14.7. The van der Waals surface area contributed by atoms with Crippen molar-refractivity contribution in [2.24, 2.45) is 5.92 Å². The Morgan fingerprint density at radius 1 is 1.10 bits per heavy atom. The van der Waals surface area contributed by atoms with Crippen LogP contribution in [0.5, 0.6) is 0 Å². The van der Waals surface area contributed by atoms with Crippen molar-refractivity contribution in [3.05, 3.63) is 64.7 Å². The van der Waals surface area contributed by atoms with E-state index in [9.17, 15) is 14.0 Å². The first-order chi connectivity index (χ1) is 14.6. The van der Waals surface area contributed by atoms with Crippen LogP contribution in [0.4, 0.5) is 4.39 Å². The van der Waals surface area contributed by atoms with E-state index in [4.69, 9.17) is 0 Å². The van der Waals surface area contributed by atoms with Crippen molar-refractivity contribution >= 4 is 28.6 Å². The Kier molecular flexibility index (Phi) is 6.47. The number of benzene rings is 2. The van der Waals surface area contributed by atoms with E-state index >= 15 is 0 Å². The molecule has 0 unspecified atom stereocenters. The van der Waals surface area contributed by atoms with E-state index in [0.717, 1.165) is 0 Å². The summed E-state index contributed by atoms with van der Waals surface area (Å²) in [7, 11) is 0. The average Bonchev–Trinajstić information content (AvgIpc) is 2.78. The summed E-state index contributed by atoms with van der Waals surface area (Å²) in [6, 6.07) is 12.8. The van der Waals surface area contributed by atoms with Crippen LogP contribution in [0.15, 0.2) is 58.5 Å². The molecule has 0 spiro atoms. The second-order valence-corrected chi connectivity index (χ2v) is 8.57. The van der Waals surface area contributed by atoms with Gasteiger partial charge in [-0.1, -0.05) is 43.2 Å². The van der Waals surface area contributed by atoms with E-state index in [1.54, 1.807) is 30.3 Å². The number of halogens is 1. The zero-order valence-electron chi connectivity index (χ0n) is 16.6. The molecule has 0 atom stereocenters. The zero-order valence-corrected chi connectivity index (χ0v) is 17.5. The number of aromatic nitrogens is 2. The van der Waals surface area contributed by atoms with E-state index in [1.165, 1.54) is 60.6 Å². The standard InChI is InChI=1S/C23H24FN3O2S/c24-17-10-12-18(13-11-17)27-22(29)19-8-4-5-9-20(19)26-23(27)30-15-21(28)25-14-16-6-2-1-3-7-16/h4-5,8-13,16H,1-3,6-7,14-15H2,(H,25,28). The van der Waals surface area contributed by atoms with Crippen molar-refractivity contribution in [3.63, 3.8) is 0 Å². The number of thioether (sulfide) groups is 1. The predicted molar refractivity (Wildman–Crippen MR) is 118 cm³/mol. The van der Waals surface area contributed by atoms with Crippen LogP contribution in [0.1, 0.15) is 32.1 Å². The molecular formula is C23H24FN3O2S. The number of fused-ring (bicyclic) bond motifs is 1. The van der Waals surface area contributed by atoms with Gasteiger partial charge in [-0.05, 0) is 55.2 Å². The minimum absolute atomic E-state index is 0.0707. The minimum atomic E-state index is -0.378. The molecule has 4 rings (SSSR count). The molecule has 5 nitrogen and oxygen atoms in total. The van der Waals surface area contributed by atoms with Gasteiger partial charge in [-0.2, -0.15) is 0 Å². The van der Waals surface area contributed by atoms with Crippen LogP contribution in [-0.2, 0) is 4.79 Å². The molecule has 7 heteroatoms. The molecule has 3 aromatic rings. The number of hydrogen-bond donors (Lipinski definition) is 1. The van der Waals surface area contributed by atoms with E-state index in [0.29, 0.717) is 34.2 Å². The molecule has 30 heavy (non-hydrogen) atoms. The first-order valence-corrected chi connectivity index (χ1v) is 11.3. The van der Waals surface area contributed by atoms with Crippen LogP contribution in [0, 0.1) is 11.7 Å². The Bertz CT molecular complexity index is 1090. The smallest absolute Gasteiger partial charge is 0.266 e. The number of carbonyl (C=O) groups is 1. The van der Waals surface area contributed by atoms with E-state index < -0.39 is 0 Å². The summed E-state index contributed by atoms with van der Waals surface area (Å²) in [5, 5.41) is 3.91. The Morgan fingerprint density at radius 3 is 2.60 bits per heavy atom. The van der Waals surface area contributed by atoms with Crippen molar-refractivity contribution in [3.8, 4) is 5.69 Å². The molecule has 1 N–H and O–H groups in total. The van der Waals surface area contributed by atoms with Crippen LogP contribution < -0.4 is 10.9 Å². The van der Waals surface area contributed by atoms with Crippen molar-refractivity contribution in [1.29, 1.82) is 0 Å². The number of amides is 1. The molecule has 0 aliphatic heterocycles. The lowest BCUT2D eigenvalue weighted by atomic mass is 9.89. The maximum absolute atomic E-state index is 13.4. The summed E-state index contributed by atoms with van der Waals surface area (Å²) in [6.45, 7) is 0.704. The highest BCUT2D eigenvalue weighted by Gasteiger charge is 2.17. The van der Waals surface area contributed by atoms with Crippen LogP contribution in [0.3, 0.4) is 0 Å². The molecule has 0 bridgehead atoms. The van der Waals surface area contributed by atoms with Crippen molar-refractivity contribution < 1.29 is 9.18 Å². The molecule has 0 saturated heterocycles. The van der Waals surface area contributed by atoms with E-state index in [2.05, 4.69) is 10.3 Å². The van der Waals surface area contributed by atoms with Crippen molar-refractivity contribution in [1.82, 2.24) is 14.9 Å². The van der Waals surface area contributed by atoms with Gasteiger partial charge in [-0.3, -0.25) is 14.2 Å². The number of nitrogens with zero attached hydrogens (tertiary/aromatic N) is 2. The number of para-hydroxylation sites is 1. The fraction of sp³-hybridized carbons (Fsp3) is 0.348. The molecule has 1 aromatic heterocycles. The maximum atomic E-state index is 13.4. The Hall–Kier alpha value is -2.67. The molecule has 156 valence electrons. The van der Waals surface area contributed by atoms with Gasteiger partial charge in [-0.25, -0.2) is 9.37 Å². The second-order valence-electron chi connectivity index (χ2n) is 7.63. The summed E-state index contributed by atoms with van der Waals surface area (Å²) in [6.07, 6.45) is 6.10. The Labute approximate surface area is 178 Å². The fourth-order valence-electron chi connectivity index (χ4n) is 3.86. The number of rotatable bonds is 6. The van der Waals surface area contributed by atoms with E-state index in [-0.39, 0.29) is 23.0 Å². The topological polar surface area (TPSA) is 64.0 Å². The lowest BCUT2D eigenvalue weighted by molar-refractivity contribution is -0.118. The fourth-order valence-corrected chi connectivity index (χ4v) is 4.70. The summed E-state index contributed by atoms with van der Waals surface area (Å²) in [4.78, 5) is 30.1. The van der Waals surface area contributed by atoms with Gasteiger partial charge >= 0.3 is 0 Å². The molecule has 0 radical (unpaired) electrons. The molecule has 1 saturated carbocycles. The monoisotopic (exact) mass is 425 g/mol. The van der Waals surface area contributed by atoms with Gasteiger partial charge in [0.15, 0.2) is 5.16 Å². The van der Waals surface area contributed by atoms with Gasteiger partial charge in [0.1, 0.15) is 5.82 Å². The largest absolute Gasteiger partial charge is 0.355 e. The number of carbonyl (C=O) groups excluding carboxylic acids is 1. The van der Waals surface area contributed by atoms with Crippen LogP contribution >= 0.6 is 11.8 Å². The van der Waals surface area contributed by atoms with Gasteiger partial charge < -0.3 is 5.32 Å². The van der Waals surface area contributed by atoms with Crippen LogP contribution in [-0.4, -0.2) is 27.8 Å². The molecule has 1 aliphatic rings. The lowest BCUT2D eigenvalue weighted by Gasteiger charge is -2.21. The first kappa shape index (κ1) is 20.6.